The van der Waals surface area contributed by atoms with Gasteiger partial charge < -0.3 is 19.2 Å². The second-order valence-electron chi connectivity index (χ2n) is 4.66. The first-order valence-electron chi connectivity index (χ1n) is 6.68. The molecule has 1 unspecified atom stereocenters. The number of hydrogen-bond acceptors (Lipinski definition) is 6. The third kappa shape index (κ3) is 2.91. The number of nitrogens with one attached hydrogen (secondary N) is 1. The second-order valence-corrected chi connectivity index (χ2v) is 4.66. The predicted octanol–water partition coefficient (Wildman–Crippen LogP) is 2.34. The van der Waals surface area contributed by atoms with Crippen LogP contribution in [0.15, 0.2) is 28.7 Å². The fourth-order valence-electron chi connectivity index (χ4n) is 2.15. The van der Waals surface area contributed by atoms with Crippen LogP contribution in [0.5, 0.6) is 5.75 Å². The molecule has 106 valence electrons. The van der Waals surface area contributed by atoms with Crippen LogP contribution in [-0.4, -0.2) is 36.6 Å². The van der Waals surface area contributed by atoms with E-state index in [2.05, 4.69) is 15.5 Å². The third-order valence-corrected chi connectivity index (χ3v) is 3.27. The summed E-state index contributed by atoms with van der Waals surface area (Å²) in [6, 6.07) is 7.91. The van der Waals surface area contributed by atoms with Gasteiger partial charge in [-0.15, -0.1) is 5.10 Å². The minimum absolute atomic E-state index is 0.242. The zero-order valence-corrected chi connectivity index (χ0v) is 11.3. The van der Waals surface area contributed by atoms with Gasteiger partial charge in [0.15, 0.2) is 0 Å². The molecule has 20 heavy (non-hydrogen) atoms. The van der Waals surface area contributed by atoms with E-state index in [4.69, 9.17) is 13.9 Å². The first-order chi connectivity index (χ1) is 9.85. The molecule has 0 radical (unpaired) electrons. The van der Waals surface area contributed by atoms with Crippen LogP contribution in [-0.2, 0) is 4.74 Å². The number of methoxy groups -OCH3 is 1. The lowest BCUT2D eigenvalue weighted by Gasteiger charge is -2.08. The quantitative estimate of drug-likeness (QED) is 0.903. The number of aromatic nitrogens is 2. The normalized spacial score (nSPS) is 18.1. The van der Waals surface area contributed by atoms with Gasteiger partial charge in [0.2, 0.25) is 5.89 Å². The van der Waals surface area contributed by atoms with Gasteiger partial charge in [-0.05, 0) is 37.1 Å². The van der Waals surface area contributed by atoms with E-state index in [1.165, 1.54) is 0 Å². The summed E-state index contributed by atoms with van der Waals surface area (Å²) >= 11 is 0. The molecule has 0 bridgehead atoms. The summed E-state index contributed by atoms with van der Waals surface area (Å²) in [7, 11) is 1.63. The SMILES string of the molecule is COc1ccc(-c2nnc(NCC3CCCO3)o2)cc1. The predicted molar refractivity (Wildman–Crippen MR) is 73.7 cm³/mol. The van der Waals surface area contributed by atoms with Gasteiger partial charge in [0.05, 0.1) is 13.2 Å². The lowest BCUT2D eigenvalue weighted by molar-refractivity contribution is 0.120. The van der Waals surface area contributed by atoms with Crippen molar-refractivity contribution in [2.75, 3.05) is 25.6 Å². The summed E-state index contributed by atoms with van der Waals surface area (Å²) in [5.41, 5.74) is 0.864. The van der Waals surface area contributed by atoms with E-state index in [9.17, 15) is 0 Å². The van der Waals surface area contributed by atoms with Crippen LogP contribution >= 0.6 is 0 Å². The van der Waals surface area contributed by atoms with Crippen molar-refractivity contribution in [2.45, 2.75) is 18.9 Å². The Morgan fingerprint density at radius 1 is 1.30 bits per heavy atom. The molecule has 0 amide bonds. The van der Waals surface area contributed by atoms with Crippen LogP contribution in [0.25, 0.3) is 11.5 Å². The summed E-state index contributed by atoms with van der Waals surface area (Å²) in [5, 5.41) is 11.1. The van der Waals surface area contributed by atoms with Crippen LogP contribution in [0.2, 0.25) is 0 Å². The molecule has 0 aliphatic carbocycles. The molecule has 1 fully saturated rings. The Hall–Kier alpha value is -2.08. The van der Waals surface area contributed by atoms with Crippen molar-refractivity contribution in [1.29, 1.82) is 0 Å². The maximum Gasteiger partial charge on any atom is 0.315 e. The number of anilines is 1. The zero-order valence-electron chi connectivity index (χ0n) is 11.3. The number of rotatable bonds is 5. The van der Waals surface area contributed by atoms with E-state index in [1.807, 2.05) is 24.3 Å². The Balaban J connectivity index is 1.62. The fourth-order valence-corrected chi connectivity index (χ4v) is 2.15. The van der Waals surface area contributed by atoms with Gasteiger partial charge in [-0.25, -0.2) is 0 Å². The van der Waals surface area contributed by atoms with E-state index in [1.54, 1.807) is 7.11 Å². The van der Waals surface area contributed by atoms with Gasteiger partial charge in [-0.1, -0.05) is 5.10 Å². The Kier molecular flexibility index (Phi) is 3.83. The Morgan fingerprint density at radius 3 is 2.85 bits per heavy atom. The zero-order chi connectivity index (χ0) is 13.8. The van der Waals surface area contributed by atoms with Gasteiger partial charge >= 0.3 is 6.01 Å². The Bertz CT molecular complexity index is 547. The van der Waals surface area contributed by atoms with Gasteiger partial charge in [0.1, 0.15) is 5.75 Å². The minimum Gasteiger partial charge on any atom is -0.497 e. The molecule has 0 spiro atoms. The van der Waals surface area contributed by atoms with Crippen LogP contribution in [0.4, 0.5) is 6.01 Å². The van der Waals surface area contributed by atoms with Gasteiger partial charge in [-0.2, -0.15) is 0 Å². The molecule has 6 heteroatoms. The summed E-state index contributed by atoms with van der Waals surface area (Å²) in [5.74, 6) is 1.28. The maximum atomic E-state index is 5.57. The van der Waals surface area contributed by atoms with Crippen molar-refractivity contribution in [2.24, 2.45) is 0 Å². The molecule has 1 aromatic carbocycles. The van der Waals surface area contributed by atoms with Crippen molar-refractivity contribution >= 4 is 6.01 Å². The van der Waals surface area contributed by atoms with E-state index >= 15 is 0 Å². The molecule has 0 saturated carbocycles. The lowest BCUT2D eigenvalue weighted by Crippen LogP contribution is -2.18. The summed E-state index contributed by atoms with van der Waals surface area (Å²) in [6.07, 6.45) is 2.44. The highest BCUT2D eigenvalue weighted by Crippen LogP contribution is 2.22. The average molecular weight is 275 g/mol. The molecule has 3 rings (SSSR count). The molecular formula is C14H17N3O3. The first-order valence-corrected chi connectivity index (χ1v) is 6.68. The largest absolute Gasteiger partial charge is 0.497 e. The molecule has 1 aliphatic rings. The van der Waals surface area contributed by atoms with Gasteiger partial charge in [0.25, 0.3) is 0 Å². The maximum absolute atomic E-state index is 5.57. The van der Waals surface area contributed by atoms with Gasteiger partial charge in [-0.3, -0.25) is 0 Å². The van der Waals surface area contributed by atoms with Gasteiger partial charge in [0, 0.05) is 18.7 Å². The highest BCUT2D eigenvalue weighted by molar-refractivity contribution is 5.54. The van der Waals surface area contributed by atoms with Crippen LogP contribution in [0, 0.1) is 0 Å². The van der Waals surface area contributed by atoms with E-state index in [-0.39, 0.29) is 6.10 Å². The molecule has 6 nitrogen and oxygen atoms in total. The second kappa shape index (κ2) is 5.92. The van der Waals surface area contributed by atoms with Crippen molar-refractivity contribution in [1.82, 2.24) is 10.2 Å². The van der Waals surface area contributed by atoms with Crippen molar-refractivity contribution in [3.8, 4) is 17.2 Å². The highest BCUT2D eigenvalue weighted by Gasteiger charge is 2.16. The van der Waals surface area contributed by atoms with Crippen LogP contribution < -0.4 is 10.1 Å². The minimum atomic E-state index is 0.242. The topological polar surface area (TPSA) is 69.4 Å². The number of nitrogens with zero attached hydrogens (tertiary/aromatic N) is 2. The number of hydrogen-bond donors (Lipinski definition) is 1. The molecule has 2 heterocycles. The van der Waals surface area contributed by atoms with Crippen LogP contribution in [0.3, 0.4) is 0 Å². The first kappa shape index (κ1) is 12.9. The summed E-state index contributed by atoms with van der Waals surface area (Å²) in [4.78, 5) is 0. The monoisotopic (exact) mass is 275 g/mol. The summed E-state index contributed by atoms with van der Waals surface area (Å²) < 4.78 is 16.2. The number of ether oxygens (including phenoxy) is 2. The lowest BCUT2D eigenvalue weighted by atomic mass is 10.2. The number of benzene rings is 1. The average Bonchev–Trinajstić information content (AvgIpc) is 3.17. The molecule has 1 aliphatic heterocycles. The molecule has 2 aromatic rings. The van der Waals surface area contributed by atoms with Crippen molar-refractivity contribution < 1.29 is 13.9 Å². The Morgan fingerprint density at radius 2 is 2.15 bits per heavy atom. The highest BCUT2D eigenvalue weighted by atomic mass is 16.5. The molecule has 1 atom stereocenters. The Labute approximate surface area is 117 Å². The van der Waals surface area contributed by atoms with Crippen LogP contribution in [0.1, 0.15) is 12.8 Å². The van der Waals surface area contributed by atoms with E-state index in [0.29, 0.717) is 18.5 Å². The molecule has 1 saturated heterocycles. The third-order valence-electron chi connectivity index (χ3n) is 3.27. The fraction of sp³-hybridized carbons (Fsp3) is 0.429. The smallest absolute Gasteiger partial charge is 0.315 e. The van der Waals surface area contributed by atoms with Crippen molar-refractivity contribution in [3.63, 3.8) is 0 Å². The van der Waals surface area contributed by atoms with Crippen molar-refractivity contribution in [3.05, 3.63) is 24.3 Å². The van der Waals surface area contributed by atoms with E-state index < -0.39 is 0 Å². The molecule has 1 aromatic heterocycles. The van der Waals surface area contributed by atoms with E-state index in [0.717, 1.165) is 30.8 Å². The molecule has 1 N–H and O–H groups in total. The standard InChI is InChI=1S/C14H17N3O3/c1-18-11-6-4-10(5-7-11)13-16-17-14(20-13)15-9-12-3-2-8-19-12/h4-7,12H,2-3,8-9H2,1H3,(H,15,17). The molecular weight excluding hydrogens is 258 g/mol. The summed E-state index contributed by atoms with van der Waals surface area (Å²) in [6.45, 7) is 1.54.